The van der Waals surface area contributed by atoms with Crippen LogP contribution < -0.4 is 11.1 Å². The molecular formula is C19H20F2N6O3. The van der Waals surface area contributed by atoms with Crippen LogP contribution in [-0.2, 0) is 0 Å². The number of carboxylic acid groups (broad SMARTS) is 1. The van der Waals surface area contributed by atoms with Gasteiger partial charge in [-0.25, -0.2) is 13.6 Å². The summed E-state index contributed by atoms with van der Waals surface area (Å²) in [5.41, 5.74) is 5.83. The Labute approximate surface area is 170 Å². The van der Waals surface area contributed by atoms with Gasteiger partial charge in [-0.2, -0.15) is 10.4 Å². The summed E-state index contributed by atoms with van der Waals surface area (Å²) < 4.78 is 28.9. The molecular weight excluding hydrogens is 398 g/mol. The van der Waals surface area contributed by atoms with E-state index in [9.17, 15) is 28.7 Å². The highest BCUT2D eigenvalue weighted by Gasteiger charge is 2.45. The Morgan fingerprint density at radius 2 is 2.07 bits per heavy atom. The van der Waals surface area contributed by atoms with Crippen molar-refractivity contribution in [3.8, 4) is 6.07 Å². The van der Waals surface area contributed by atoms with Crippen LogP contribution in [0.15, 0.2) is 30.5 Å². The summed E-state index contributed by atoms with van der Waals surface area (Å²) in [6.45, 7) is 1.22. The second-order valence-electron chi connectivity index (χ2n) is 7.03. The van der Waals surface area contributed by atoms with E-state index in [1.165, 1.54) is 42.1 Å². The lowest BCUT2D eigenvalue weighted by atomic mass is 9.84. The predicted molar refractivity (Wildman–Crippen MR) is 102 cm³/mol. The summed E-state index contributed by atoms with van der Waals surface area (Å²) >= 11 is 0. The molecule has 1 saturated heterocycles. The normalized spacial score (nSPS) is 22.2. The van der Waals surface area contributed by atoms with E-state index in [0.717, 1.165) is 4.90 Å². The van der Waals surface area contributed by atoms with Crippen LogP contribution in [-0.4, -0.2) is 50.5 Å². The number of nitrogens with one attached hydrogen (secondary N) is 1. The van der Waals surface area contributed by atoms with Gasteiger partial charge in [-0.1, -0.05) is 0 Å². The van der Waals surface area contributed by atoms with Crippen LogP contribution in [0.25, 0.3) is 0 Å². The molecule has 0 saturated carbocycles. The minimum absolute atomic E-state index is 0.00756. The van der Waals surface area contributed by atoms with Gasteiger partial charge >= 0.3 is 6.09 Å². The molecule has 1 aromatic carbocycles. The van der Waals surface area contributed by atoms with Crippen LogP contribution in [0.2, 0.25) is 0 Å². The highest BCUT2D eigenvalue weighted by Crippen LogP contribution is 2.36. The Bertz CT molecular complexity index is 985. The minimum Gasteiger partial charge on any atom is -0.465 e. The number of carbonyl (C=O) groups excluding carboxylic acids is 1. The van der Waals surface area contributed by atoms with E-state index in [0.29, 0.717) is 5.69 Å². The van der Waals surface area contributed by atoms with Crippen LogP contribution in [0.1, 0.15) is 29.7 Å². The Morgan fingerprint density at radius 3 is 2.60 bits per heavy atom. The second-order valence-corrected chi connectivity index (χ2v) is 7.03. The number of halogens is 2. The first-order valence-electron chi connectivity index (χ1n) is 9.17. The lowest BCUT2D eigenvalue weighted by Gasteiger charge is -2.42. The largest absolute Gasteiger partial charge is 0.465 e. The van der Waals surface area contributed by atoms with Gasteiger partial charge in [-0.3, -0.25) is 9.48 Å². The number of carbonyl (C=O) groups is 2. The summed E-state index contributed by atoms with van der Waals surface area (Å²) in [7, 11) is 0. The highest BCUT2D eigenvalue weighted by molar-refractivity contribution is 5.98. The maximum absolute atomic E-state index is 14.5. The number of hydrogen-bond donors (Lipinski definition) is 3. The molecule has 1 fully saturated rings. The molecule has 4 unspecified atom stereocenters. The topological polar surface area (TPSA) is 137 Å². The molecule has 3 rings (SSSR count). The van der Waals surface area contributed by atoms with Crippen LogP contribution in [0.5, 0.6) is 0 Å². The zero-order valence-corrected chi connectivity index (χ0v) is 16.0. The van der Waals surface area contributed by atoms with Crippen molar-refractivity contribution in [2.75, 3.05) is 11.9 Å². The quantitative estimate of drug-likeness (QED) is 0.683. The first kappa shape index (κ1) is 21.0. The van der Waals surface area contributed by atoms with E-state index in [2.05, 4.69) is 16.5 Å². The van der Waals surface area contributed by atoms with E-state index in [1.807, 2.05) is 0 Å². The third kappa shape index (κ3) is 4.03. The van der Waals surface area contributed by atoms with Gasteiger partial charge < -0.3 is 21.1 Å². The Kier molecular flexibility index (Phi) is 5.86. The van der Waals surface area contributed by atoms with Crippen molar-refractivity contribution in [1.29, 1.82) is 5.26 Å². The summed E-state index contributed by atoms with van der Waals surface area (Å²) in [5.74, 6) is -1.98. The zero-order valence-electron chi connectivity index (χ0n) is 16.0. The number of amides is 2. The fraction of sp³-hybridized carbons (Fsp3) is 0.368. The van der Waals surface area contributed by atoms with Gasteiger partial charge in [0, 0.05) is 18.4 Å². The van der Waals surface area contributed by atoms with Crippen molar-refractivity contribution in [2.45, 2.75) is 31.6 Å². The predicted octanol–water partition coefficient (Wildman–Crippen LogP) is 2.66. The van der Waals surface area contributed by atoms with Gasteiger partial charge in [0.05, 0.1) is 24.1 Å². The highest BCUT2D eigenvalue weighted by atomic mass is 19.1. The molecule has 30 heavy (non-hydrogen) atoms. The molecule has 158 valence electrons. The molecule has 0 radical (unpaired) electrons. The number of anilines is 2. The van der Waals surface area contributed by atoms with Crippen molar-refractivity contribution in [3.05, 3.63) is 41.8 Å². The Hall–Kier alpha value is -3.68. The summed E-state index contributed by atoms with van der Waals surface area (Å²) in [5, 5.41) is 26.2. The number of aromatic nitrogens is 2. The molecule has 4 atom stereocenters. The number of rotatable bonds is 5. The fourth-order valence-electron chi connectivity index (χ4n) is 3.73. The third-order valence-corrected chi connectivity index (χ3v) is 5.10. The van der Waals surface area contributed by atoms with Gasteiger partial charge in [0.15, 0.2) is 5.82 Å². The van der Waals surface area contributed by atoms with E-state index in [1.54, 1.807) is 0 Å². The number of nitrogens with zero attached hydrogens (tertiary/aromatic N) is 4. The van der Waals surface area contributed by atoms with Gasteiger partial charge in [0.2, 0.25) is 0 Å². The summed E-state index contributed by atoms with van der Waals surface area (Å²) in [6, 6.07) is 5.21. The molecule has 4 N–H and O–H groups in total. The van der Waals surface area contributed by atoms with Crippen molar-refractivity contribution in [1.82, 2.24) is 14.7 Å². The molecule has 1 aliphatic heterocycles. The SMILES string of the molecule is CC(F)C1C(n2cc(C(N)=O)c(Nc3ccc(F)cc3)n2)C(C#N)CCN1C(=O)O. The van der Waals surface area contributed by atoms with Crippen LogP contribution in [0, 0.1) is 23.1 Å². The molecule has 9 nitrogen and oxygen atoms in total. The molecule has 2 heterocycles. The molecule has 0 bridgehead atoms. The lowest BCUT2D eigenvalue weighted by molar-refractivity contribution is 0.0251. The number of alkyl halides is 1. The second kappa shape index (κ2) is 8.36. The zero-order chi connectivity index (χ0) is 22.0. The molecule has 1 aromatic heterocycles. The smallest absolute Gasteiger partial charge is 0.407 e. The van der Waals surface area contributed by atoms with Gasteiger partial charge in [0.1, 0.15) is 17.6 Å². The molecule has 0 aliphatic carbocycles. The first-order chi connectivity index (χ1) is 14.2. The minimum atomic E-state index is -1.60. The molecule has 2 amide bonds. The number of hydrogen-bond acceptors (Lipinski definition) is 5. The van der Waals surface area contributed by atoms with Crippen molar-refractivity contribution < 1.29 is 23.5 Å². The summed E-state index contributed by atoms with van der Waals surface area (Å²) in [4.78, 5) is 24.5. The number of nitrogens with two attached hydrogens (primary N) is 1. The maximum atomic E-state index is 14.5. The third-order valence-electron chi connectivity index (χ3n) is 5.10. The van der Waals surface area contributed by atoms with Gasteiger partial charge in [0.25, 0.3) is 5.91 Å². The summed E-state index contributed by atoms with van der Waals surface area (Å²) in [6.07, 6.45) is -1.46. The van der Waals surface area contributed by atoms with E-state index < -0.39 is 42.0 Å². The number of benzene rings is 1. The van der Waals surface area contributed by atoms with Crippen LogP contribution >= 0.6 is 0 Å². The van der Waals surface area contributed by atoms with E-state index >= 15 is 0 Å². The van der Waals surface area contributed by atoms with Crippen molar-refractivity contribution in [2.24, 2.45) is 11.7 Å². The molecule has 2 aromatic rings. The monoisotopic (exact) mass is 418 g/mol. The number of piperidine rings is 1. The number of primary amides is 1. The van der Waals surface area contributed by atoms with Crippen molar-refractivity contribution in [3.63, 3.8) is 0 Å². The molecule has 0 spiro atoms. The number of nitriles is 1. The standard InChI is InChI=1S/C19H20F2N6O3/c1-10(20)15-16(11(8-22)6-7-26(15)19(29)30)27-9-14(17(23)28)18(25-27)24-13-4-2-12(21)3-5-13/h2-5,9-11,15-16H,6-7H2,1H3,(H2,23,28)(H,24,25)(H,29,30). The van der Waals surface area contributed by atoms with Crippen LogP contribution in [0.4, 0.5) is 25.1 Å². The fourth-order valence-corrected chi connectivity index (χ4v) is 3.73. The van der Waals surface area contributed by atoms with E-state index in [4.69, 9.17) is 5.73 Å². The maximum Gasteiger partial charge on any atom is 0.407 e. The average Bonchev–Trinajstić information content (AvgIpc) is 3.12. The average molecular weight is 418 g/mol. The Morgan fingerprint density at radius 1 is 1.40 bits per heavy atom. The lowest BCUT2D eigenvalue weighted by Crippen LogP contribution is -2.55. The van der Waals surface area contributed by atoms with Crippen molar-refractivity contribution >= 4 is 23.5 Å². The Balaban J connectivity index is 2.05. The van der Waals surface area contributed by atoms with Gasteiger partial charge in [-0.05, 0) is 37.6 Å². The van der Waals surface area contributed by atoms with E-state index in [-0.39, 0.29) is 24.3 Å². The molecule has 1 aliphatic rings. The van der Waals surface area contributed by atoms with Gasteiger partial charge in [-0.15, -0.1) is 0 Å². The number of likely N-dealkylation sites (tertiary alicyclic amines) is 1. The first-order valence-corrected chi connectivity index (χ1v) is 9.17. The molecule has 11 heteroatoms. The van der Waals surface area contributed by atoms with Crippen LogP contribution in [0.3, 0.4) is 0 Å².